The minimum atomic E-state index is 0.408. The van der Waals surface area contributed by atoms with Gasteiger partial charge in [-0.25, -0.2) is 0 Å². The van der Waals surface area contributed by atoms with Crippen LogP contribution in [0.2, 0.25) is 0 Å². The van der Waals surface area contributed by atoms with E-state index in [1.54, 1.807) is 0 Å². The second kappa shape index (κ2) is 3.75. The van der Waals surface area contributed by atoms with Crippen molar-refractivity contribution in [3.05, 3.63) is 47.5 Å². The van der Waals surface area contributed by atoms with Crippen LogP contribution in [0.3, 0.4) is 0 Å². The van der Waals surface area contributed by atoms with E-state index in [1.165, 1.54) is 11.1 Å². The fraction of sp³-hybridized carbons (Fsp3) is 0.333. The third kappa shape index (κ3) is 2.19. The molecule has 0 amide bonds. The molecule has 13 heavy (non-hydrogen) atoms. The van der Waals surface area contributed by atoms with Crippen LogP contribution in [0.15, 0.2) is 42.0 Å². The summed E-state index contributed by atoms with van der Waals surface area (Å²) in [5.41, 5.74) is 2.78. The number of epoxide rings is 1. The Hall–Kier alpha value is -1.08. The quantitative estimate of drug-likeness (QED) is 0.507. The highest BCUT2D eigenvalue weighted by Crippen LogP contribution is 2.22. The third-order valence-corrected chi connectivity index (χ3v) is 2.37. The van der Waals surface area contributed by atoms with Gasteiger partial charge in [0.15, 0.2) is 0 Å². The maximum absolute atomic E-state index is 5.27. The number of hydrogen-bond acceptors (Lipinski definition) is 1. The first-order valence-corrected chi connectivity index (χ1v) is 4.71. The van der Waals surface area contributed by atoms with Gasteiger partial charge in [-0.2, -0.15) is 0 Å². The Morgan fingerprint density at radius 3 is 2.69 bits per heavy atom. The van der Waals surface area contributed by atoms with Crippen LogP contribution in [0, 0.1) is 0 Å². The van der Waals surface area contributed by atoms with Crippen molar-refractivity contribution in [2.45, 2.75) is 19.4 Å². The van der Waals surface area contributed by atoms with Crippen LogP contribution in [0.4, 0.5) is 0 Å². The van der Waals surface area contributed by atoms with Gasteiger partial charge in [-0.15, -0.1) is 0 Å². The van der Waals surface area contributed by atoms with Gasteiger partial charge in [0.05, 0.1) is 6.61 Å². The van der Waals surface area contributed by atoms with Gasteiger partial charge in [0.2, 0.25) is 0 Å². The minimum Gasteiger partial charge on any atom is -0.368 e. The van der Waals surface area contributed by atoms with Crippen molar-refractivity contribution in [1.82, 2.24) is 0 Å². The molecule has 1 heterocycles. The van der Waals surface area contributed by atoms with E-state index >= 15 is 0 Å². The summed E-state index contributed by atoms with van der Waals surface area (Å²) in [5, 5.41) is 0. The number of hydrogen-bond donors (Lipinski definition) is 0. The molecule has 0 N–H and O–H groups in total. The topological polar surface area (TPSA) is 12.5 Å². The maximum atomic E-state index is 5.27. The maximum Gasteiger partial charge on any atom is 0.102 e. The summed E-state index contributed by atoms with van der Waals surface area (Å²) in [5.74, 6) is 0. The van der Waals surface area contributed by atoms with Crippen molar-refractivity contribution in [2.75, 3.05) is 6.61 Å². The van der Waals surface area contributed by atoms with E-state index in [0.717, 1.165) is 13.0 Å². The first-order valence-electron chi connectivity index (χ1n) is 4.71. The molecular formula is C12H14O. The van der Waals surface area contributed by atoms with Crippen molar-refractivity contribution in [1.29, 1.82) is 0 Å². The SMILES string of the molecule is C/C=C(\Cc1ccccc1)C1CO1. The second-order valence-corrected chi connectivity index (χ2v) is 3.35. The van der Waals surface area contributed by atoms with E-state index in [-0.39, 0.29) is 0 Å². The third-order valence-electron chi connectivity index (χ3n) is 2.37. The lowest BCUT2D eigenvalue weighted by Gasteiger charge is -2.02. The largest absolute Gasteiger partial charge is 0.368 e. The first-order chi connectivity index (χ1) is 6.40. The Balaban J connectivity index is 2.04. The molecule has 1 atom stereocenters. The Morgan fingerprint density at radius 1 is 1.46 bits per heavy atom. The van der Waals surface area contributed by atoms with Crippen molar-refractivity contribution < 1.29 is 4.74 Å². The number of ether oxygens (including phenoxy) is 1. The highest BCUT2D eigenvalue weighted by Gasteiger charge is 2.26. The van der Waals surface area contributed by atoms with Gasteiger partial charge in [0.1, 0.15) is 6.10 Å². The Kier molecular flexibility index (Phi) is 2.46. The van der Waals surface area contributed by atoms with Crippen LogP contribution < -0.4 is 0 Å². The van der Waals surface area contributed by atoms with Crippen LogP contribution in [-0.2, 0) is 11.2 Å². The predicted octanol–water partition coefficient (Wildman–Crippen LogP) is 2.57. The summed E-state index contributed by atoms with van der Waals surface area (Å²) in [6.07, 6.45) is 3.61. The van der Waals surface area contributed by atoms with Crippen LogP contribution in [0.1, 0.15) is 12.5 Å². The lowest BCUT2D eigenvalue weighted by molar-refractivity contribution is 0.429. The van der Waals surface area contributed by atoms with Gasteiger partial charge in [-0.3, -0.25) is 0 Å². The van der Waals surface area contributed by atoms with E-state index in [4.69, 9.17) is 4.74 Å². The first kappa shape index (κ1) is 8.52. The zero-order chi connectivity index (χ0) is 9.10. The lowest BCUT2D eigenvalue weighted by atomic mass is 10.0. The highest BCUT2D eigenvalue weighted by atomic mass is 16.6. The molecule has 0 bridgehead atoms. The molecule has 0 spiro atoms. The van der Waals surface area contributed by atoms with Crippen molar-refractivity contribution in [3.8, 4) is 0 Å². The predicted molar refractivity (Wildman–Crippen MR) is 53.6 cm³/mol. The van der Waals surface area contributed by atoms with Gasteiger partial charge in [0.25, 0.3) is 0 Å². The molecule has 0 aliphatic carbocycles. The lowest BCUT2D eigenvalue weighted by Crippen LogP contribution is -1.97. The van der Waals surface area contributed by atoms with Crippen LogP contribution in [0.25, 0.3) is 0 Å². The van der Waals surface area contributed by atoms with Crippen LogP contribution in [0.5, 0.6) is 0 Å². The second-order valence-electron chi connectivity index (χ2n) is 3.35. The summed E-state index contributed by atoms with van der Waals surface area (Å²) >= 11 is 0. The van der Waals surface area contributed by atoms with E-state index in [1.807, 2.05) is 6.07 Å². The van der Waals surface area contributed by atoms with E-state index < -0.39 is 0 Å². The van der Waals surface area contributed by atoms with E-state index in [2.05, 4.69) is 37.3 Å². The molecular weight excluding hydrogens is 160 g/mol. The molecule has 1 aromatic rings. The molecule has 68 valence electrons. The van der Waals surface area contributed by atoms with Gasteiger partial charge in [0, 0.05) is 0 Å². The average Bonchev–Trinajstić information content (AvgIpc) is 2.99. The number of allylic oxidation sites excluding steroid dienone is 1. The Labute approximate surface area is 79.0 Å². The summed E-state index contributed by atoms with van der Waals surface area (Å²) in [6.45, 7) is 2.99. The molecule has 0 aromatic heterocycles. The number of rotatable bonds is 3. The molecule has 1 heteroatoms. The molecule has 1 unspecified atom stereocenters. The van der Waals surface area contributed by atoms with Gasteiger partial charge in [-0.05, 0) is 24.5 Å². The molecule has 1 aliphatic rings. The molecule has 0 radical (unpaired) electrons. The number of benzene rings is 1. The minimum absolute atomic E-state index is 0.408. The van der Waals surface area contributed by atoms with Crippen molar-refractivity contribution in [2.24, 2.45) is 0 Å². The zero-order valence-electron chi connectivity index (χ0n) is 7.86. The Bertz CT molecular complexity index is 296. The molecule has 1 fully saturated rings. The van der Waals surface area contributed by atoms with Gasteiger partial charge in [-0.1, -0.05) is 36.4 Å². The summed E-state index contributed by atoms with van der Waals surface area (Å²) in [4.78, 5) is 0. The monoisotopic (exact) mass is 174 g/mol. The average molecular weight is 174 g/mol. The molecule has 1 aromatic carbocycles. The van der Waals surface area contributed by atoms with Crippen molar-refractivity contribution in [3.63, 3.8) is 0 Å². The van der Waals surface area contributed by atoms with Gasteiger partial charge < -0.3 is 4.74 Å². The van der Waals surface area contributed by atoms with Crippen molar-refractivity contribution >= 4 is 0 Å². The van der Waals surface area contributed by atoms with Crippen LogP contribution in [-0.4, -0.2) is 12.7 Å². The smallest absolute Gasteiger partial charge is 0.102 e. The molecule has 0 saturated carbocycles. The van der Waals surface area contributed by atoms with E-state index in [0.29, 0.717) is 6.10 Å². The molecule has 1 saturated heterocycles. The fourth-order valence-corrected chi connectivity index (χ4v) is 1.50. The Morgan fingerprint density at radius 2 is 2.15 bits per heavy atom. The summed E-state index contributed by atoms with van der Waals surface area (Å²) < 4.78 is 5.27. The molecule has 1 nitrogen and oxygen atoms in total. The van der Waals surface area contributed by atoms with E-state index in [9.17, 15) is 0 Å². The zero-order valence-corrected chi connectivity index (χ0v) is 7.86. The fourth-order valence-electron chi connectivity index (χ4n) is 1.50. The summed E-state index contributed by atoms with van der Waals surface area (Å²) in [7, 11) is 0. The van der Waals surface area contributed by atoms with Crippen LogP contribution >= 0.6 is 0 Å². The standard InChI is InChI=1S/C12H14O/c1-2-11(12-9-13-12)8-10-6-4-3-5-7-10/h2-7,12H,8-9H2,1H3/b11-2+. The summed E-state index contributed by atoms with van der Waals surface area (Å²) in [6, 6.07) is 10.5. The highest BCUT2D eigenvalue weighted by molar-refractivity contribution is 5.25. The molecule has 2 rings (SSSR count). The normalized spacial score (nSPS) is 21.6. The molecule has 1 aliphatic heterocycles. The van der Waals surface area contributed by atoms with Gasteiger partial charge >= 0.3 is 0 Å².